The summed E-state index contributed by atoms with van der Waals surface area (Å²) in [7, 11) is 0. The van der Waals surface area contributed by atoms with Crippen LogP contribution in [-0.2, 0) is 4.79 Å². The number of rotatable bonds is 6. The van der Waals surface area contributed by atoms with Gasteiger partial charge in [0.2, 0.25) is 5.91 Å². The van der Waals surface area contributed by atoms with Gasteiger partial charge < -0.3 is 5.32 Å². The van der Waals surface area contributed by atoms with Crippen molar-refractivity contribution in [2.45, 2.75) is 5.16 Å². The molecule has 5 rings (SSSR count). The number of carbonyl (C=O) groups excluding carboxylic acids is 1. The first kappa shape index (κ1) is 21.4. The molecule has 0 saturated heterocycles. The van der Waals surface area contributed by atoms with E-state index in [4.69, 9.17) is 0 Å². The van der Waals surface area contributed by atoms with Crippen LogP contribution in [0, 0.1) is 0 Å². The van der Waals surface area contributed by atoms with E-state index in [1.807, 2.05) is 102 Å². The molecular weight excluding hydrogens is 496 g/mol. The van der Waals surface area contributed by atoms with E-state index in [0.717, 1.165) is 38.0 Å². The van der Waals surface area contributed by atoms with Crippen molar-refractivity contribution in [2.24, 2.45) is 0 Å². The molecule has 0 unspecified atom stereocenters. The van der Waals surface area contributed by atoms with E-state index in [0.29, 0.717) is 5.16 Å². The second-order valence-electron chi connectivity index (χ2n) is 7.35. The smallest absolute Gasteiger partial charge is 0.234 e. The van der Waals surface area contributed by atoms with Gasteiger partial charge in [-0.15, -0.1) is 10.2 Å². The van der Waals surface area contributed by atoms with Crippen LogP contribution in [0.4, 0.5) is 5.69 Å². The van der Waals surface area contributed by atoms with E-state index in [-0.39, 0.29) is 11.7 Å². The number of hydrogen-bond acceptors (Lipinski definition) is 4. The Morgan fingerprint density at radius 2 is 1.58 bits per heavy atom. The molecule has 7 heteroatoms. The van der Waals surface area contributed by atoms with Gasteiger partial charge in [-0.05, 0) is 35.7 Å². The van der Waals surface area contributed by atoms with E-state index >= 15 is 0 Å². The van der Waals surface area contributed by atoms with E-state index in [1.165, 1.54) is 11.8 Å². The molecule has 0 bridgehead atoms. The number of amides is 1. The summed E-state index contributed by atoms with van der Waals surface area (Å²) in [6, 6.07) is 31.8. The molecule has 0 fully saturated rings. The van der Waals surface area contributed by atoms with Crippen LogP contribution < -0.4 is 5.32 Å². The number of aromatic nitrogens is 3. The minimum absolute atomic E-state index is 0.0934. The lowest BCUT2D eigenvalue weighted by molar-refractivity contribution is -0.113. The molecule has 1 aromatic heterocycles. The van der Waals surface area contributed by atoms with Crippen LogP contribution in [-0.4, -0.2) is 26.4 Å². The molecule has 5 aromatic rings. The fraction of sp³-hybridized carbons (Fsp3) is 0.0385. The quantitative estimate of drug-likeness (QED) is 0.260. The number of hydrogen-bond donors (Lipinski definition) is 1. The number of anilines is 1. The van der Waals surface area contributed by atoms with Crippen LogP contribution >= 0.6 is 27.7 Å². The summed E-state index contributed by atoms with van der Waals surface area (Å²) in [5.74, 6) is 0.851. The van der Waals surface area contributed by atoms with Gasteiger partial charge in [-0.3, -0.25) is 9.36 Å². The average Bonchev–Trinajstić information content (AvgIpc) is 3.28. The van der Waals surface area contributed by atoms with Crippen molar-refractivity contribution in [3.8, 4) is 17.1 Å². The van der Waals surface area contributed by atoms with Crippen molar-refractivity contribution < 1.29 is 4.79 Å². The number of thioether (sulfide) groups is 1. The second-order valence-corrected chi connectivity index (χ2v) is 9.21. The molecule has 33 heavy (non-hydrogen) atoms. The third-order valence-corrected chi connectivity index (χ3v) is 6.60. The zero-order valence-corrected chi connectivity index (χ0v) is 19.9. The van der Waals surface area contributed by atoms with Gasteiger partial charge >= 0.3 is 0 Å². The van der Waals surface area contributed by atoms with Crippen LogP contribution in [0.15, 0.2) is 107 Å². The zero-order chi connectivity index (χ0) is 22.6. The summed E-state index contributed by atoms with van der Waals surface area (Å²) in [5, 5.41) is 14.6. The van der Waals surface area contributed by atoms with Gasteiger partial charge in [-0.1, -0.05) is 94.4 Å². The molecule has 162 valence electrons. The summed E-state index contributed by atoms with van der Waals surface area (Å²) in [4.78, 5) is 12.8. The Hall–Kier alpha value is -3.42. The highest BCUT2D eigenvalue weighted by atomic mass is 79.9. The Labute approximate surface area is 204 Å². The summed E-state index contributed by atoms with van der Waals surface area (Å²) in [6.07, 6.45) is 0. The molecule has 0 atom stereocenters. The van der Waals surface area contributed by atoms with Crippen molar-refractivity contribution in [2.75, 3.05) is 11.1 Å². The summed E-state index contributed by atoms with van der Waals surface area (Å²) in [6.45, 7) is 0. The normalized spacial score (nSPS) is 10.9. The fourth-order valence-corrected chi connectivity index (χ4v) is 4.63. The molecule has 0 aliphatic heterocycles. The van der Waals surface area contributed by atoms with Gasteiger partial charge in [0.15, 0.2) is 11.0 Å². The predicted molar refractivity (Wildman–Crippen MR) is 138 cm³/mol. The van der Waals surface area contributed by atoms with Gasteiger partial charge in [0.1, 0.15) is 0 Å². The van der Waals surface area contributed by atoms with Crippen LogP contribution in [0.3, 0.4) is 0 Å². The molecule has 0 radical (unpaired) electrons. The number of fused-ring (bicyclic) bond motifs is 1. The first-order valence-corrected chi connectivity index (χ1v) is 12.1. The number of nitrogens with zero attached hydrogens (tertiary/aromatic N) is 3. The highest BCUT2D eigenvalue weighted by Crippen LogP contribution is 2.29. The van der Waals surface area contributed by atoms with Crippen molar-refractivity contribution in [1.82, 2.24) is 14.8 Å². The Morgan fingerprint density at radius 1 is 0.848 bits per heavy atom. The fourth-order valence-electron chi connectivity index (χ4n) is 3.61. The first-order valence-electron chi connectivity index (χ1n) is 10.4. The highest BCUT2D eigenvalue weighted by molar-refractivity contribution is 9.10. The maximum atomic E-state index is 12.8. The Kier molecular flexibility index (Phi) is 6.24. The van der Waals surface area contributed by atoms with Gasteiger partial charge in [0.05, 0.1) is 5.75 Å². The van der Waals surface area contributed by atoms with Crippen LogP contribution in [0.2, 0.25) is 0 Å². The van der Waals surface area contributed by atoms with E-state index in [1.54, 1.807) is 0 Å². The third kappa shape index (κ3) is 4.69. The average molecular weight is 515 g/mol. The summed E-state index contributed by atoms with van der Waals surface area (Å²) < 4.78 is 2.98. The zero-order valence-electron chi connectivity index (χ0n) is 17.5. The van der Waals surface area contributed by atoms with Gasteiger partial charge in [0, 0.05) is 26.8 Å². The van der Waals surface area contributed by atoms with Crippen molar-refractivity contribution in [3.05, 3.63) is 102 Å². The molecule has 0 saturated carbocycles. The van der Waals surface area contributed by atoms with Gasteiger partial charge in [-0.2, -0.15) is 0 Å². The molecule has 5 nitrogen and oxygen atoms in total. The molecule has 1 amide bonds. The molecule has 1 N–H and O–H groups in total. The molecule has 0 aliphatic carbocycles. The molecule has 0 spiro atoms. The first-order chi connectivity index (χ1) is 16.2. The Bertz CT molecular complexity index is 1410. The van der Waals surface area contributed by atoms with E-state index in [2.05, 4.69) is 31.4 Å². The molecule has 1 heterocycles. The minimum Gasteiger partial charge on any atom is -0.325 e. The lowest BCUT2D eigenvalue weighted by Gasteiger charge is -2.11. The lowest BCUT2D eigenvalue weighted by atomic mass is 10.1. The van der Waals surface area contributed by atoms with Crippen LogP contribution in [0.1, 0.15) is 0 Å². The predicted octanol–water partition coefficient (Wildman–Crippen LogP) is 6.58. The van der Waals surface area contributed by atoms with Gasteiger partial charge in [-0.25, -0.2) is 0 Å². The van der Waals surface area contributed by atoms with Crippen LogP contribution in [0.25, 0.3) is 27.8 Å². The van der Waals surface area contributed by atoms with Crippen molar-refractivity contribution in [1.29, 1.82) is 0 Å². The Morgan fingerprint density at radius 3 is 2.39 bits per heavy atom. The second kappa shape index (κ2) is 9.60. The SMILES string of the molecule is O=C(CSc1nnc(-c2ccc(Br)cc2)n1-c1ccccc1)Nc1cccc2ccccc12. The number of carbonyl (C=O) groups is 1. The number of nitrogens with one attached hydrogen (secondary N) is 1. The molecule has 4 aromatic carbocycles. The monoisotopic (exact) mass is 514 g/mol. The number of para-hydroxylation sites is 1. The van der Waals surface area contributed by atoms with Crippen molar-refractivity contribution >= 4 is 50.1 Å². The maximum absolute atomic E-state index is 12.8. The third-order valence-electron chi connectivity index (χ3n) is 5.15. The van der Waals surface area contributed by atoms with Crippen LogP contribution in [0.5, 0.6) is 0 Å². The molecule has 0 aliphatic rings. The number of benzene rings is 4. The standard InChI is InChI=1S/C26H19BrN4OS/c27-20-15-13-19(14-16-20)25-29-30-26(31(25)21-9-2-1-3-10-21)33-17-24(32)28-23-12-6-8-18-7-4-5-11-22(18)23/h1-16H,17H2,(H,28,32). The summed E-state index contributed by atoms with van der Waals surface area (Å²) >= 11 is 4.84. The Balaban J connectivity index is 1.40. The topological polar surface area (TPSA) is 59.8 Å². The van der Waals surface area contributed by atoms with Gasteiger partial charge in [0.25, 0.3) is 0 Å². The van der Waals surface area contributed by atoms with Crippen molar-refractivity contribution in [3.63, 3.8) is 0 Å². The summed E-state index contributed by atoms with van der Waals surface area (Å²) in [5.41, 5.74) is 2.69. The van der Waals surface area contributed by atoms with E-state index < -0.39 is 0 Å². The molecular formula is C26H19BrN4OS. The minimum atomic E-state index is -0.0934. The largest absolute Gasteiger partial charge is 0.325 e. The van der Waals surface area contributed by atoms with E-state index in [9.17, 15) is 4.79 Å². The highest BCUT2D eigenvalue weighted by Gasteiger charge is 2.17. The lowest BCUT2D eigenvalue weighted by Crippen LogP contribution is -2.14. The maximum Gasteiger partial charge on any atom is 0.234 e. The number of halogens is 1.